The second-order valence-corrected chi connectivity index (χ2v) is 7.32. The maximum atomic E-state index is 10.3. The number of rotatable bonds is 2. The van der Waals surface area contributed by atoms with Crippen LogP contribution in [0.15, 0.2) is 0 Å². The number of hydrogen-bond acceptors (Lipinski definition) is 4. The van der Waals surface area contributed by atoms with Crippen LogP contribution in [0.1, 0.15) is 46.5 Å². The molecule has 4 N–H and O–H groups in total. The molecule has 19 heavy (non-hydrogen) atoms. The van der Waals surface area contributed by atoms with E-state index in [-0.39, 0.29) is 17.9 Å². The Kier molecular flexibility index (Phi) is 4.00. The van der Waals surface area contributed by atoms with E-state index in [1.54, 1.807) is 6.92 Å². The lowest BCUT2D eigenvalue weighted by Crippen LogP contribution is -2.57. The molecule has 0 spiro atoms. The van der Waals surface area contributed by atoms with Gasteiger partial charge in [0.25, 0.3) is 0 Å². The number of hydrogen-bond donors (Lipinski definition) is 4. The summed E-state index contributed by atoms with van der Waals surface area (Å²) in [5, 5.41) is 39.9. The van der Waals surface area contributed by atoms with Gasteiger partial charge in [-0.1, -0.05) is 13.8 Å². The molecule has 2 aliphatic carbocycles. The Morgan fingerprint density at radius 2 is 1.89 bits per heavy atom. The van der Waals surface area contributed by atoms with Gasteiger partial charge >= 0.3 is 0 Å². The highest BCUT2D eigenvalue weighted by molar-refractivity contribution is 5.04. The van der Waals surface area contributed by atoms with Crippen molar-refractivity contribution in [2.45, 2.75) is 64.3 Å². The van der Waals surface area contributed by atoms with Gasteiger partial charge in [-0.3, -0.25) is 0 Å². The molecular weight excluding hydrogens is 244 g/mol. The quantitative estimate of drug-likeness (QED) is 0.602. The summed E-state index contributed by atoms with van der Waals surface area (Å²) in [6.07, 6.45) is 1.71. The average Bonchev–Trinajstić information content (AvgIpc) is 2.36. The highest BCUT2D eigenvalue weighted by Crippen LogP contribution is 2.55. The molecule has 0 aromatic heterocycles. The van der Waals surface area contributed by atoms with Crippen molar-refractivity contribution in [3.8, 4) is 0 Å². The van der Waals surface area contributed by atoms with Crippen molar-refractivity contribution in [1.29, 1.82) is 0 Å². The summed E-state index contributed by atoms with van der Waals surface area (Å²) in [5.74, 6) is 0.698. The van der Waals surface area contributed by atoms with Crippen LogP contribution in [-0.2, 0) is 0 Å². The molecule has 0 bridgehead atoms. The van der Waals surface area contributed by atoms with E-state index in [2.05, 4.69) is 13.8 Å². The zero-order valence-electron chi connectivity index (χ0n) is 12.2. The van der Waals surface area contributed by atoms with E-state index in [0.717, 1.165) is 19.3 Å². The van der Waals surface area contributed by atoms with Crippen molar-refractivity contribution in [1.82, 2.24) is 0 Å². The van der Waals surface area contributed by atoms with Crippen molar-refractivity contribution in [3.63, 3.8) is 0 Å². The van der Waals surface area contributed by atoms with E-state index >= 15 is 0 Å². The predicted molar refractivity (Wildman–Crippen MR) is 72.4 cm³/mol. The van der Waals surface area contributed by atoms with E-state index < -0.39 is 17.8 Å². The molecule has 0 heterocycles. The van der Waals surface area contributed by atoms with E-state index in [4.69, 9.17) is 0 Å². The van der Waals surface area contributed by atoms with Crippen molar-refractivity contribution < 1.29 is 20.4 Å². The van der Waals surface area contributed by atoms with Crippen LogP contribution >= 0.6 is 0 Å². The van der Waals surface area contributed by atoms with Crippen LogP contribution in [0.5, 0.6) is 0 Å². The van der Waals surface area contributed by atoms with Crippen LogP contribution in [0.25, 0.3) is 0 Å². The number of fused-ring (bicyclic) bond motifs is 1. The third-order valence-corrected chi connectivity index (χ3v) is 5.96. The zero-order chi connectivity index (χ0) is 14.4. The fraction of sp³-hybridized carbons (Fsp3) is 1.00. The fourth-order valence-corrected chi connectivity index (χ4v) is 4.42. The van der Waals surface area contributed by atoms with E-state index in [1.807, 2.05) is 0 Å². The summed E-state index contributed by atoms with van der Waals surface area (Å²) in [4.78, 5) is 0. The van der Waals surface area contributed by atoms with Gasteiger partial charge in [0.1, 0.15) is 0 Å². The van der Waals surface area contributed by atoms with Crippen LogP contribution in [0.2, 0.25) is 0 Å². The second-order valence-electron chi connectivity index (χ2n) is 7.32. The van der Waals surface area contributed by atoms with Gasteiger partial charge in [-0.2, -0.15) is 0 Å². The smallest absolute Gasteiger partial charge is 0.0877 e. The molecule has 0 saturated heterocycles. The van der Waals surface area contributed by atoms with Crippen LogP contribution in [-0.4, -0.2) is 44.8 Å². The molecule has 1 unspecified atom stereocenters. The van der Waals surface area contributed by atoms with Crippen LogP contribution < -0.4 is 0 Å². The molecular formula is C15H28O4. The van der Waals surface area contributed by atoms with Gasteiger partial charge in [0, 0.05) is 0 Å². The zero-order valence-corrected chi connectivity index (χ0v) is 12.2. The Morgan fingerprint density at radius 3 is 2.47 bits per heavy atom. The first-order chi connectivity index (χ1) is 8.72. The molecule has 7 atom stereocenters. The predicted octanol–water partition coefficient (Wildman–Crippen LogP) is 0.914. The highest BCUT2D eigenvalue weighted by atomic mass is 16.3. The van der Waals surface area contributed by atoms with E-state index in [9.17, 15) is 20.4 Å². The second kappa shape index (κ2) is 4.99. The van der Waals surface area contributed by atoms with Crippen molar-refractivity contribution in [2.24, 2.45) is 23.2 Å². The summed E-state index contributed by atoms with van der Waals surface area (Å²) in [5.41, 5.74) is -1.30. The molecule has 4 heteroatoms. The molecule has 0 aromatic carbocycles. The maximum absolute atomic E-state index is 10.3. The minimum atomic E-state index is -1.04. The van der Waals surface area contributed by atoms with Crippen LogP contribution in [0, 0.1) is 23.2 Å². The molecule has 4 nitrogen and oxygen atoms in total. The summed E-state index contributed by atoms with van der Waals surface area (Å²) >= 11 is 0. The normalized spacial score (nSPS) is 50.4. The lowest BCUT2D eigenvalue weighted by Gasteiger charge is -2.56. The fourth-order valence-electron chi connectivity index (χ4n) is 4.42. The lowest BCUT2D eigenvalue weighted by atomic mass is 9.52. The maximum Gasteiger partial charge on any atom is 0.0877 e. The first-order valence-electron chi connectivity index (χ1n) is 7.41. The summed E-state index contributed by atoms with van der Waals surface area (Å²) in [6.45, 7) is 5.65. The molecule has 2 fully saturated rings. The first kappa shape index (κ1) is 15.2. The van der Waals surface area contributed by atoms with Crippen molar-refractivity contribution in [3.05, 3.63) is 0 Å². The Balaban J connectivity index is 2.20. The van der Waals surface area contributed by atoms with Gasteiger partial charge in [0.05, 0.1) is 24.4 Å². The molecule has 112 valence electrons. The third-order valence-electron chi connectivity index (χ3n) is 5.96. The minimum Gasteiger partial charge on any atom is -0.393 e. The van der Waals surface area contributed by atoms with Gasteiger partial charge in [-0.05, 0) is 55.8 Å². The summed E-state index contributed by atoms with van der Waals surface area (Å²) < 4.78 is 0. The molecule has 2 aliphatic rings. The van der Waals surface area contributed by atoms with E-state index in [0.29, 0.717) is 18.3 Å². The lowest BCUT2D eigenvalue weighted by molar-refractivity contribution is -0.174. The van der Waals surface area contributed by atoms with Crippen LogP contribution in [0.4, 0.5) is 0 Å². The standard InChI is InChI=1S/C15H28O4/c1-9-6-12(17)13(18)14(2)5-4-10(7-11(9)14)15(3,19)8-16/h9-13,16-19H,4-8H2,1-3H3/t9-,10+,11-,12-,13+,14+,15?/m1/s1. The van der Waals surface area contributed by atoms with Crippen molar-refractivity contribution >= 4 is 0 Å². The molecule has 0 aliphatic heterocycles. The average molecular weight is 272 g/mol. The first-order valence-corrected chi connectivity index (χ1v) is 7.41. The number of aliphatic hydroxyl groups is 4. The molecule has 2 rings (SSSR count). The highest BCUT2D eigenvalue weighted by Gasteiger charge is 2.54. The monoisotopic (exact) mass is 272 g/mol. The van der Waals surface area contributed by atoms with Gasteiger partial charge in [0.2, 0.25) is 0 Å². The third kappa shape index (κ3) is 2.44. The number of aliphatic hydroxyl groups excluding tert-OH is 3. The molecule has 0 amide bonds. The van der Waals surface area contributed by atoms with Gasteiger partial charge in [0.15, 0.2) is 0 Å². The Labute approximate surface area is 115 Å². The molecule has 2 saturated carbocycles. The van der Waals surface area contributed by atoms with Gasteiger partial charge in [-0.15, -0.1) is 0 Å². The topological polar surface area (TPSA) is 80.9 Å². The SMILES string of the molecule is C[C@@H]1C[C@@H](O)[C@H](O)[C@@]2(C)CC[C@H](C(C)(O)CO)C[C@H]12. The van der Waals surface area contributed by atoms with E-state index in [1.165, 1.54) is 0 Å². The Morgan fingerprint density at radius 1 is 1.26 bits per heavy atom. The molecule has 0 radical (unpaired) electrons. The van der Waals surface area contributed by atoms with Gasteiger partial charge < -0.3 is 20.4 Å². The summed E-state index contributed by atoms with van der Waals surface area (Å²) in [7, 11) is 0. The Bertz CT molecular complexity index is 330. The Hall–Kier alpha value is -0.160. The van der Waals surface area contributed by atoms with Crippen molar-refractivity contribution in [2.75, 3.05) is 6.61 Å². The minimum absolute atomic E-state index is 0.0699. The van der Waals surface area contributed by atoms with Gasteiger partial charge in [-0.25, -0.2) is 0 Å². The molecule has 0 aromatic rings. The largest absolute Gasteiger partial charge is 0.393 e. The van der Waals surface area contributed by atoms with Crippen LogP contribution in [0.3, 0.4) is 0 Å². The summed E-state index contributed by atoms with van der Waals surface area (Å²) in [6, 6.07) is 0.